The summed E-state index contributed by atoms with van der Waals surface area (Å²) in [5.41, 5.74) is 14.0. The molecule has 0 aromatic carbocycles. The smallest absolute Gasteiger partial charge is 0.282 e. The molecule has 1 aliphatic rings. The largest absolute Gasteiger partial charge is 0.369 e. The third-order valence-electron chi connectivity index (χ3n) is 0.832. The molecule has 50 valence electrons. The molecule has 0 fully saturated rings. The molecule has 0 bridgehead atoms. The summed E-state index contributed by atoms with van der Waals surface area (Å²) in [6.07, 6.45) is -0.397. The van der Waals surface area contributed by atoms with E-state index in [1.54, 1.807) is 0 Å². The molecule has 0 aromatic heterocycles. The van der Waals surface area contributed by atoms with Crippen LogP contribution in [0.15, 0.2) is 9.98 Å². The molecular weight excluding hydrogens is 120 g/mol. The van der Waals surface area contributed by atoms with Crippen molar-refractivity contribution in [2.75, 3.05) is 0 Å². The van der Waals surface area contributed by atoms with Crippen LogP contribution >= 0.6 is 0 Å². The summed E-state index contributed by atoms with van der Waals surface area (Å²) < 4.78 is 0. The summed E-state index contributed by atoms with van der Waals surface area (Å²) >= 11 is 0. The van der Waals surface area contributed by atoms with Crippen LogP contribution in [0.25, 0.3) is 0 Å². The van der Waals surface area contributed by atoms with Gasteiger partial charge in [0.1, 0.15) is 0 Å². The van der Waals surface area contributed by atoms with E-state index in [4.69, 9.17) is 11.5 Å². The van der Waals surface area contributed by atoms with Gasteiger partial charge in [0.2, 0.25) is 11.9 Å². The predicted octanol–water partition coefficient (Wildman–Crippen LogP) is -3.26. The van der Waals surface area contributed by atoms with Gasteiger partial charge < -0.3 is 17.2 Å². The lowest BCUT2D eigenvalue weighted by Gasteiger charge is -2.09. The maximum Gasteiger partial charge on any atom is 0.282 e. The van der Waals surface area contributed by atoms with Crippen LogP contribution in [0, 0.1) is 0 Å². The first kappa shape index (κ1) is 5.83. The standard InChI is InChI=1S/C3H8N6/c4-1-7-2(5)9-3(6)8-1/h1H,4H2,(H5,5,6,7,8,9)/p+1. The summed E-state index contributed by atoms with van der Waals surface area (Å²) in [4.78, 5) is 7.48. The zero-order valence-electron chi connectivity index (χ0n) is 4.83. The lowest BCUT2D eigenvalue weighted by atomic mass is 10.7. The molecule has 0 aromatic rings. The Morgan fingerprint density at radius 3 is 2.11 bits per heavy atom. The predicted molar refractivity (Wildman–Crippen MR) is 33.1 cm³/mol. The van der Waals surface area contributed by atoms with Gasteiger partial charge in [-0.15, -0.1) is 0 Å². The highest BCUT2D eigenvalue weighted by atomic mass is 15.3. The second-order valence-electron chi connectivity index (χ2n) is 1.63. The molecule has 0 aliphatic carbocycles. The molecule has 6 heteroatoms. The van der Waals surface area contributed by atoms with Crippen molar-refractivity contribution < 1.29 is 5.73 Å². The maximum atomic E-state index is 5.25. The minimum absolute atomic E-state index is 0.266. The Bertz CT molecular complexity index is 151. The molecule has 0 atom stereocenters. The van der Waals surface area contributed by atoms with Gasteiger partial charge in [-0.25, -0.2) is 0 Å². The van der Waals surface area contributed by atoms with Gasteiger partial charge in [0.25, 0.3) is 6.29 Å². The van der Waals surface area contributed by atoms with E-state index in [1.165, 1.54) is 0 Å². The van der Waals surface area contributed by atoms with Gasteiger partial charge >= 0.3 is 0 Å². The highest BCUT2D eigenvalue weighted by molar-refractivity contribution is 5.98. The third-order valence-corrected chi connectivity index (χ3v) is 0.832. The molecule has 9 heavy (non-hydrogen) atoms. The van der Waals surface area contributed by atoms with Crippen LogP contribution in [0.4, 0.5) is 0 Å². The van der Waals surface area contributed by atoms with E-state index in [9.17, 15) is 0 Å². The third kappa shape index (κ3) is 1.29. The van der Waals surface area contributed by atoms with Gasteiger partial charge in [-0.05, 0) is 0 Å². The highest BCUT2D eigenvalue weighted by Gasteiger charge is 2.08. The minimum Gasteiger partial charge on any atom is -0.369 e. The summed E-state index contributed by atoms with van der Waals surface area (Å²) in [7, 11) is 0. The second kappa shape index (κ2) is 1.90. The average molecular weight is 129 g/mol. The van der Waals surface area contributed by atoms with Crippen LogP contribution in [0.1, 0.15) is 0 Å². The topological polar surface area (TPSA) is 116 Å². The van der Waals surface area contributed by atoms with E-state index >= 15 is 0 Å². The first-order valence-corrected chi connectivity index (χ1v) is 2.45. The van der Waals surface area contributed by atoms with Crippen LogP contribution in [0.5, 0.6) is 0 Å². The van der Waals surface area contributed by atoms with Crippen molar-refractivity contribution in [2.24, 2.45) is 21.5 Å². The fourth-order valence-corrected chi connectivity index (χ4v) is 0.546. The molecule has 8 N–H and O–H groups in total. The first-order chi connectivity index (χ1) is 4.18. The van der Waals surface area contributed by atoms with Gasteiger partial charge in [-0.2, -0.15) is 9.98 Å². The Hall–Kier alpha value is -1.30. The van der Waals surface area contributed by atoms with Gasteiger partial charge in [0, 0.05) is 0 Å². The number of rotatable bonds is 0. The number of aliphatic imine (C=N–C) groups is 2. The number of nitrogens with two attached hydrogens (primary N) is 2. The van der Waals surface area contributed by atoms with E-state index in [0.29, 0.717) is 0 Å². The molecule has 1 aliphatic heterocycles. The van der Waals surface area contributed by atoms with E-state index in [2.05, 4.69) is 21.0 Å². The van der Waals surface area contributed by atoms with Crippen LogP contribution < -0.4 is 22.5 Å². The number of nitrogens with zero attached hydrogens (tertiary/aromatic N) is 2. The van der Waals surface area contributed by atoms with Crippen LogP contribution in [0.3, 0.4) is 0 Å². The molecule has 6 nitrogen and oxygen atoms in total. The van der Waals surface area contributed by atoms with Gasteiger partial charge in [0.05, 0.1) is 0 Å². The lowest BCUT2D eigenvalue weighted by Crippen LogP contribution is -2.63. The summed E-state index contributed by atoms with van der Waals surface area (Å²) in [5.74, 6) is 0.532. The van der Waals surface area contributed by atoms with E-state index < -0.39 is 6.29 Å². The minimum atomic E-state index is -0.397. The van der Waals surface area contributed by atoms with E-state index in [0.717, 1.165) is 0 Å². The second-order valence-corrected chi connectivity index (χ2v) is 1.63. The molecule has 0 radical (unpaired) electrons. The number of quaternary nitrogens is 1. The monoisotopic (exact) mass is 129 g/mol. The fraction of sp³-hybridized carbons (Fsp3) is 0.333. The Morgan fingerprint density at radius 2 is 1.78 bits per heavy atom. The first-order valence-electron chi connectivity index (χ1n) is 2.45. The molecule has 0 amide bonds. The van der Waals surface area contributed by atoms with Gasteiger partial charge in [-0.1, -0.05) is 0 Å². The number of guanidine groups is 2. The zero-order chi connectivity index (χ0) is 6.85. The van der Waals surface area contributed by atoms with Crippen LogP contribution in [-0.4, -0.2) is 18.2 Å². The SMILES string of the molecule is NC1=NC([NH3+])N=C(N)N1. The highest BCUT2D eigenvalue weighted by Crippen LogP contribution is 1.83. The molecule has 0 spiro atoms. The van der Waals surface area contributed by atoms with Gasteiger partial charge in [-0.3, -0.25) is 5.32 Å². The van der Waals surface area contributed by atoms with Crippen molar-refractivity contribution in [3.05, 3.63) is 0 Å². The number of hydrogen-bond donors (Lipinski definition) is 4. The normalized spacial score (nSPS) is 20.1. The Morgan fingerprint density at radius 1 is 1.33 bits per heavy atom. The summed E-state index contributed by atoms with van der Waals surface area (Å²) in [6.45, 7) is 0. The quantitative estimate of drug-likeness (QED) is 0.275. The zero-order valence-corrected chi connectivity index (χ0v) is 4.83. The molecule has 0 saturated carbocycles. The van der Waals surface area contributed by atoms with Crippen LogP contribution in [0.2, 0.25) is 0 Å². The molecular formula is C3H9N6+. The van der Waals surface area contributed by atoms with Crippen molar-refractivity contribution in [2.45, 2.75) is 6.29 Å². The molecule has 1 rings (SSSR count). The van der Waals surface area contributed by atoms with Gasteiger partial charge in [0.15, 0.2) is 0 Å². The lowest BCUT2D eigenvalue weighted by molar-refractivity contribution is -0.414. The van der Waals surface area contributed by atoms with Crippen molar-refractivity contribution in [1.82, 2.24) is 5.32 Å². The molecule has 0 unspecified atom stereocenters. The average Bonchev–Trinajstić information content (AvgIpc) is 1.59. The van der Waals surface area contributed by atoms with Crippen LogP contribution in [-0.2, 0) is 0 Å². The fourth-order valence-electron chi connectivity index (χ4n) is 0.546. The Kier molecular flexibility index (Phi) is 1.23. The van der Waals surface area contributed by atoms with E-state index in [-0.39, 0.29) is 11.9 Å². The number of nitrogens with one attached hydrogen (secondary N) is 1. The Labute approximate surface area is 51.8 Å². The van der Waals surface area contributed by atoms with Crippen molar-refractivity contribution in [3.63, 3.8) is 0 Å². The number of hydrogen-bond acceptors (Lipinski definition) is 5. The summed E-state index contributed by atoms with van der Waals surface area (Å²) in [5, 5.41) is 2.53. The Balaban J connectivity index is 2.69. The van der Waals surface area contributed by atoms with Crippen molar-refractivity contribution in [1.29, 1.82) is 0 Å². The summed E-state index contributed by atoms with van der Waals surface area (Å²) in [6, 6.07) is 0. The molecule has 0 saturated heterocycles. The van der Waals surface area contributed by atoms with E-state index in [1.807, 2.05) is 0 Å². The maximum absolute atomic E-state index is 5.25. The van der Waals surface area contributed by atoms with Crippen molar-refractivity contribution >= 4 is 11.9 Å². The van der Waals surface area contributed by atoms with Crippen molar-refractivity contribution in [3.8, 4) is 0 Å². The molecule has 1 heterocycles.